The Hall–Kier alpha value is -0.190. The van der Waals surface area contributed by atoms with E-state index in [9.17, 15) is 18.0 Å². The summed E-state index contributed by atoms with van der Waals surface area (Å²) in [6.45, 7) is 0. The molecule has 54 valence electrons. The van der Waals surface area contributed by atoms with Gasteiger partial charge in [0, 0.05) is 5.75 Å². The highest BCUT2D eigenvalue weighted by molar-refractivity contribution is 7.99. The van der Waals surface area contributed by atoms with Crippen LogP contribution in [-0.4, -0.2) is 24.0 Å². The van der Waals surface area contributed by atoms with E-state index in [2.05, 4.69) is 0 Å². The van der Waals surface area contributed by atoms with Gasteiger partial charge in [0.05, 0.1) is 5.75 Å². The van der Waals surface area contributed by atoms with E-state index >= 15 is 0 Å². The third-order valence-corrected chi connectivity index (χ3v) is 1.35. The average Bonchev–Trinajstić information content (AvgIpc) is 1.63. The zero-order valence-electron chi connectivity index (χ0n) is 4.44. The summed E-state index contributed by atoms with van der Waals surface area (Å²) in [5.41, 5.74) is 0. The molecule has 0 saturated heterocycles. The summed E-state index contributed by atoms with van der Waals surface area (Å²) in [6.07, 6.45) is -3.69. The SMILES string of the molecule is O=CCSCC(F)(F)F. The van der Waals surface area contributed by atoms with Crippen LogP contribution in [0.15, 0.2) is 0 Å². The molecule has 0 aliphatic rings. The molecule has 0 aromatic heterocycles. The first-order chi connectivity index (χ1) is 4.06. The molecule has 0 fully saturated rings. The smallest absolute Gasteiger partial charge is 0.302 e. The predicted molar refractivity (Wildman–Crippen MR) is 29.4 cm³/mol. The normalized spacial score (nSPS) is 11.4. The first-order valence-corrected chi connectivity index (χ1v) is 3.30. The van der Waals surface area contributed by atoms with E-state index in [0.717, 1.165) is 0 Å². The van der Waals surface area contributed by atoms with E-state index in [1.807, 2.05) is 0 Å². The van der Waals surface area contributed by atoms with Crippen molar-refractivity contribution in [2.45, 2.75) is 6.18 Å². The average molecular weight is 158 g/mol. The van der Waals surface area contributed by atoms with Crippen LogP contribution < -0.4 is 0 Å². The summed E-state index contributed by atoms with van der Waals surface area (Å²) >= 11 is 0.567. The molecule has 0 aliphatic carbocycles. The van der Waals surface area contributed by atoms with E-state index in [4.69, 9.17) is 0 Å². The van der Waals surface area contributed by atoms with Crippen molar-refractivity contribution in [2.75, 3.05) is 11.5 Å². The molecule has 0 bridgehead atoms. The van der Waals surface area contributed by atoms with Crippen molar-refractivity contribution in [1.29, 1.82) is 0 Å². The molecule has 0 spiro atoms. The van der Waals surface area contributed by atoms with Gasteiger partial charge in [-0.1, -0.05) is 0 Å². The molecule has 0 heterocycles. The lowest BCUT2D eigenvalue weighted by molar-refractivity contribution is -0.106. The number of hydrogen-bond acceptors (Lipinski definition) is 2. The minimum atomic E-state index is -4.15. The predicted octanol–water partition coefficient (Wildman–Crippen LogP) is 1.48. The third kappa shape index (κ3) is 7.81. The molecule has 0 aromatic carbocycles. The van der Waals surface area contributed by atoms with Crippen LogP contribution >= 0.6 is 11.8 Å². The van der Waals surface area contributed by atoms with Crippen LogP contribution in [0.1, 0.15) is 0 Å². The molecule has 0 radical (unpaired) electrons. The van der Waals surface area contributed by atoms with E-state index in [-0.39, 0.29) is 5.75 Å². The van der Waals surface area contributed by atoms with Crippen LogP contribution in [0.25, 0.3) is 0 Å². The number of aldehydes is 1. The maximum Gasteiger partial charge on any atom is 0.397 e. The van der Waals surface area contributed by atoms with Crippen molar-refractivity contribution in [3.8, 4) is 0 Å². The third-order valence-electron chi connectivity index (χ3n) is 0.452. The Balaban J connectivity index is 3.17. The number of thioether (sulfide) groups is 1. The van der Waals surface area contributed by atoms with E-state index in [1.54, 1.807) is 0 Å². The fourth-order valence-electron chi connectivity index (χ4n) is 0.223. The number of alkyl halides is 3. The van der Waals surface area contributed by atoms with Crippen molar-refractivity contribution >= 4 is 18.0 Å². The Labute approximate surface area is 54.6 Å². The van der Waals surface area contributed by atoms with Crippen LogP contribution in [0.5, 0.6) is 0 Å². The molecule has 0 aliphatic heterocycles. The highest BCUT2D eigenvalue weighted by atomic mass is 32.2. The molecule has 0 saturated carbocycles. The summed E-state index contributed by atoms with van der Waals surface area (Å²) in [7, 11) is 0. The van der Waals surface area contributed by atoms with Crippen LogP contribution in [-0.2, 0) is 4.79 Å². The lowest BCUT2D eigenvalue weighted by Crippen LogP contribution is -2.11. The minimum Gasteiger partial charge on any atom is -0.302 e. The van der Waals surface area contributed by atoms with Gasteiger partial charge in [0.25, 0.3) is 0 Å². The molecule has 0 aromatic rings. The summed E-state index contributed by atoms with van der Waals surface area (Å²) in [5.74, 6) is -1.02. The molecule has 0 rings (SSSR count). The van der Waals surface area contributed by atoms with Gasteiger partial charge in [-0.05, 0) is 0 Å². The number of carbonyl (C=O) groups is 1. The fraction of sp³-hybridized carbons (Fsp3) is 0.750. The zero-order valence-corrected chi connectivity index (χ0v) is 5.26. The van der Waals surface area contributed by atoms with Gasteiger partial charge in [-0.2, -0.15) is 13.2 Å². The standard InChI is InChI=1S/C4H5F3OS/c5-4(6,7)3-9-2-1-8/h1H,2-3H2. The number of rotatable bonds is 3. The molecule has 9 heavy (non-hydrogen) atoms. The topological polar surface area (TPSA) is 17.1 Å². The summed E-state index contributed by atoms with van der Waals surface area (Å²) in [5, 5.41) is 0. The van der Waals surface area contributed by atoms with Crippen molar-refractivity contribution in [2.24, 2.45) is 0 Å². The molecule has 0 N–H and O–H groups in total. The second-order valence-electron chi connectivity index (χ2n) is 1.30. The monoisotopic (exact) mass is 158 g/mol. The Morgan fingerprint density at radius 3 is 2.33 bits per heavy atom. The zero-order chi connectivity index (χ0) is 7.33. The maximum absolute atomic E-state index is 11.2. The lowest BCUT2D eigenvalue weighted by Gasteiger charge is -2.01. The minimum absolute atomic E-state index is 0.0838. The molecule has 1 nitrogen and oxygen atoms in total. The van der Waals surface area contributed by atoms with Crippen LogP contribution in [0, 0.1) is 0 Å². The number of carbonyl (C=O) groups excluding carboxylic acids is 1. The van der Waals surface area contributed by atoms with E-state index in [0.29, 0.717) is 18.0 Å². The van der Waals surface area contributed by atoms with Crippen molar-refractivity contribution in [3.63, 3.8) is 0 Å². The molecular formula is C4H5F3OS. The Bertz CT molecular complexity index is 90.3. The van der Waals surface area contributed by atoms with Crippen LogP contribution in [0.3, 0.4) is 0 Å². The number of halogens is 3. The van der Waals surface area contributed by atoms with Gasteiger partial charge in [0.2, 0.25) is 0 Å². The molecule has 0 unspecified atom stereocenters. The molecule has 5 heteroatoms. The second-order valence-corrected chi connectivity index (χ2v) is 2.33. The fourth-order valence-corrected chi connectivity index (χ4v) is 0.668. The summed E-state index contributed by atoms with van der Waals surface area (Å²) in [6, 6.07) is 0. The Kier molecular flexibility index (Phi) is 3.68. The quantitative estimate of drug-likeness (QED) is 0.457. The highest BCUT2D eigenvalue weighted by Gasteiger charge is 2.26. The first kappa shape index (κ1) is 8.81. The Morgan fingerprint density at radius 2 is 2.00 bits per heavy atom. The second kappa shape index (κ2) is 3.76. The van der Waals surface area contributed by atoms with Crippen LogP contribution in [0.2, 0.25) is 0 Å². The summed E-state index contributed by atoms with van der Waals surface area (Å²) in [4.78, 5) is 9.50. The molecule has 0 amide bonds. The summed E-state index contributed by atoms with van der Waals surface area (Å²) < 4.78 is 33.7. The Morgan fingerprint density at radius 1 is 1.44 bits per heavy atom. The lowest BCUT2D eigenvalue weighted by atomic mass is 10.8. The van der Waals surface area contributed by atoms with Crippen molar-refractivity contribution < 1.29 is 18.0 Å². The van der Waals surface area contributed by atoms with Gasteiger partial charge in [0.15, 0.2) is 0 Å². The van der Waals surface area contributed by atoms with Gasteiger partial charge < -0.3 is 4.79 Å². The van der Waals surface area contributed by atoms with Gasteiger partial charge in [-0.25, -0.2) is 0 Å². The van der Waals surface area contributed by atoms with Gasteiger partial charge in [-0.15, -0.1) is 11.8 Å². The van der Waals surface area contributed by atoms with E-state index in [1.165, 1.54) is 0 Å². The van der Waals surface area contributed by atoms with E-state index < -0.39 is 11.9 Å². The molecule has 0 atom stereocenters. The van der Waals surface area contributed by atoms with Gasteiger partial charge in [0.1, 0.15) is 6.29 Å². The van der Waals surface area contributed by atoms with Gasteiger partial charge in [-0.3, -0.25) is 0 Å². The largest absolute Gasteiger partial charge is 0.397 e. The van der Waals surface area contributed by atoms with Crippen LogP contribution in [0.4, 0.5) is 13.2 Å². The van der Waals surface area contributed by atoms with Gasteiger partial charge >= 0.3 is 6.18 Å². The number of hydrogen-bond donors (Lipinski definition) is 0. The maximum atomic E-state index is 11.2. The molecular weight excluding hydrogens is 153 g/mol. The first-order valence-electron chi connectivity index (χ1n) is 2.14. The highest BCUT2D eigenvalue weighted by Crippen LogP contribution is 2.20. The van der Waals surface area contributed by atoms with Crippen molar-refractivity contribution in [3.05, 3.63) is 0 Å². The van der Waals surface area contributed by atoms with Crippen molar-refractivity contribution in [1.82, 2.24) is 0 Å².